The molecule has 1 aliphatic carbocycles. The van der Waals surface area contributed by atoms with E-state index in [-0.39, 0.29) is 12.1 Å². The van der Waals surface area contributed by atoms with Gasteiger partial charge >= 0.3 is 18.3 Å². The summed E-state index contributed by atoms with van der Waals surface area (Å²) in [5, 5.41) is -1.53. The van der Waals surface area contributed by atoms with Gasteiger partial charge in [-0.15, -0.1) is 0 Å². The van der Waals surface area contributed by atoms with Gasteiger partial charge in [0.15, 0.2) is 17.5 Å². The van der Waals surface area contributed by atoms with Crippen LogP contribution < -0.4 is 0 Å². The molecule has 0 unspecified atom stereocenters. The normalized spacial score (nSPS) is 22.6. The Labute approximate surface area is 152 Å². The number of esters is 1. The van der Waals surface area contributed by atoms with Crippen LogP contribution in [0, 0.1) is 34.7 Å². The molecule has 1 aromatic carbocycles. The van der Waals surface area contributed by atoms with E-state index in [9.17, 15) is 39.9 Å². The van der Waals surface area contributed by atoms with Crippen LogP contribution in [-0.4, -0.2) is 12.1 Å². The fourth-order valence-electron chi connectivity index (χ4n) is 2.69. The number of ether oxygens (including phenoxy) is 1. The molecule has 0 aliphatic heterocycles. The van der Waals surface area contributed by atoms with Crippen LogP contribution in [0.1, 0.15) is 19.4 Å². The summed E-state index contributed by atoms with van der Waals surface area (Å²) in [5.74, 6) is -10.4. The number of carbonyl (C=O) groups excluding carboxylic acids is 1. The Morgan fingerprint density at radius 1 is 1.11 bits per heavy atom. The smallest absolute Gasteiger partial charge is 0.397 e. The van der Waals surface area contributed by atoms with Crippen LogP contribution in [0.3, 0.4) is 0 Å². The maximum atomic E-state index is 14.0. The SMILES string of the molecule is CC1(C)[C@H](C(=O)OC(F)(F)c2ccc(F)c(F)c2F)[C@@H]1C=C(Cl)C(F)(F)F. The van der Waals surface area contributed by atoms with Crippen LogP contribution in [0.15, 0.2) is 23.2 Å². The molecule has 0 N–H and O–H groups in total. The summed E-state index contributed by atoms with van der Waals surface area (Å²) in [7, 11) is 0. The number of benzene rings is 1. The van der Waals surface area contributed by atoms with E-state index >= 15 is 0 Å². The molecule has 2 nitrogen and oxygen atoms in total. The van der Waals surface area contributed by atoms with Crippen molar-refractivity contribution < 1.29 is 44.7 Å². The Balaban J connectivity index is 2.23. The third kappa shape index (κ3) is 4.04. The minimum atomic E-state index is -4.88. The number of rotatable bonds is 4. The summed E-state index contributed by atoms with van der Waals surface area (Å²) in [4.78, 5) is 12.0. The molecule has 2 rings (SSSR count). The van der Waals surface area contributed by atoms with Crippen molar-refractivity contribution in [3.63, 3.8) is 0 Å². The third-order valence-electron chi connectivity index (χ3n) is 4.34. The Hall–Kier alpha value is -1.84. The van der Waals surface area contributed by atoms with Crippen LogP contribution in [0.5, 0.6) is 0 Å². The number of carbonyl (C=O) groups is 1. The van der Waals surface area contributed by atoms with Crippen LogP contribution in [0.25, 0.3) is 0 Å². The van der Waals surface area contributed by atoms with Gasteiger partial charge in [-0.1, -0.05) is 31.5 Å². The molecule has 1 saturated carbocycles. The Bertz CT molecular complexity index is 800. The minimum absolute atomic E-state index is 0.191. The quantitative estimate of drug-likeness (QED) is 0.356. The average Bonchev–Trinajstić information content (AvgIpc) is 3.04. The highest BCUT2D eigenvalue weighted by molar-refractivity contribution is 6.30. The van der Waals surface area contributed by atoms with Gasteiger partial charge in [0.2, 0.25) is 0 Å². The molecule has 0 aromatic heterocycles. The third-order valence-corrected chi connectivity index (χ3v) is 4.68. The van der Waals surface area contributed by atoms with Crippen LogP contribution in [0.4, 0.5) is 35.1 Å². The van der Waals surface area contributed by atoms with Crippen molar-refractivity contribution in [3.05, 3.63) is 46.3 Å². The van der Waals surface area contributed by atoms with E-state index in [1.54, 1.807) is 0 Å². The fraction of sp³-hybridized carbons (Fsp3) is 0.438. The number of alkyl halides is 5. The second kappa shape index (κ2) is 6.65. The lowest BCUT2D eigenvalue weighted by atomic mass is 10.1. The lowest BCUT2D eigenvalue weighted by Gasteiger charge is -2.18. The summed E-state index contributed by atoms with van der Waals surface area (Å²) in [5.41, 5.74) is -2.92. The van der Waals surface area contributed by atoms with Gasteiger partial charge in [0.05, 0.1) is 5.92 Å². The van der Waals surface area contributed by atoms with Crippen molar-refractivity contribution >= 4 is 17.6 Å². The van der Waals surface area contributed by atoms with Crippen LogP contribution in [0.2, 0.25) is 0 Å². The van der Waals surface area contributed by atoms with Gasteiger partial charge in [0, 0.05) is 0 Å². The van der Waals surface area contributed by atoms with Crippen molar-refractivity contribution in [1.29, 1.82) is 0 Å². The van der Waals surface area contributed by atoms with Crippen molar-refractivity contribution in [2.24, 2.45) is 17.3 Å². The highest BCUT2D eigenvalue weighted by Crippen LogP contribution is 2.61. The van der Waals surface area contributed by atoms with Gasteiger partial charge in [0.1, 0.15) is 10.6 Å². The molecule has 0 bridgehead atoms. The summed E-state index contributed by atoms with van der Waals surface area (Å²) in [6, 6.07) is 0.405. The molecule has 1 fully saturated rings. The van der Waals surface area contributed by atoms with E-state index in [2.05, 4.69) is 4.74 Å². The lowest BCUT2D eigenvalue weighted by Crippen LogP contribution is -2.26. The molecule has 0 heterocycles. The molecular weight excluding hydrogens is 412 g/mol. The van der Waals surface area contributed by atoms with Crippen molar-refractivity contribution in [2.75, 3.05) is 0 Å². The molecule has 0 saturated heterocycles. The zero-order chi connectivity index (χ0) is 20.9. The molecule has 11 heteroatoms. The van der Waals surface area contributed by atoms with Crippen LogP contribution in [-0.2, 0) is 15.6 Å². The van der Waals surface area contributed by atoms with E-state index < -0.39 is 63.6 Å². The summed E-state index contributed by atoms with van der Waals surface area (Å²) in [6.07, 6.45) is -9.05. The summed E-state index contributed by atoms with van der Waals surface area (Å²) in [6.45, 7) is 2.63. The fourth-order valence-corrected chi connectivity index (χ4v) is 2.82. The van der Waals surface area contributed by atoms with Crippen molar-refractivity contribution in [2.45, 2.75) is 26.1 Å². The number of halogens is 9. The predicted octanol–water partition coefficient (Wildman–Crippen LogP) is 5.65. The Morgan fingerprint density at radius 2 is 1.67 bits per heavy atom. The molecule has 1 aromatic rings. The zero-order valence-electron chi connectivity index (χ0n) is 13.6. The number of hydrogen-bond donors (Lipinski definition) is 0. The second-order valence-corrected chi connectivity index (χ2v) is 6.91. The summed E-state index contributed by atoms with van der Waals surface area (Å²) >= 11 is 5.08. The lowest BCUT2D eigenvalue weighted by molar-refractivity contribution is -0.243. The first kappa shape index (κ1) is 21.5. The van der Waals surface area contributed by atoms with Crippen molar-refractivity contribution in [3.8, 4) is 0 Å². The predicted molar refractivity (Wildman–Crippen MR) is 77.1 cm³/mol. The van der Waals surface area contributed by atoms with Gasteiger partial charge < -0.3 is 4.74 Å². The molecule has 27 heavy (non-hydrogen) atoms. The highest BCUT2D eigenvalue weighted by Gasteiger charge is 2.63. The maximum absolute atomic E-state index is 14.0. The second-order valence-electron chi connectivity index (χ2n) is 6.50. The molecule has 150 valence electrons. The Kier molecular flexibility index (Phi) is 5.28. The van der Waals surface area contributed by atoms with E-state index in [0.717, 1.165) is 0 Å². The van der Waals surface area contributed by atoms with Crippen molar-refractivity contribution in [1.82, 2.24) is 0 Å². The number of allylic oxidation sites excluding steroid dienone is 2. The van der Waals surface area contributed by atoms with Gasteiger partial charge in [-0.05, 0) is 23.5 Å². The van der Waals surface area contributed by atoms with Gasteiger partial charge in [-0.3, -0.25) is 4.79 Å². The first-order valence-corrected chi connectivity index (χ1v) is 7.67. The van der Waals surface area contributed by atoms with E-state index in [4.69, 9.17) is 11.6 Å². The highest BCUT2D eigenvalue weighted by atomic mass is 35.5. The Morgan fingerprint density at radius 3 is 2.19 bits per heavy atom. The molecule has 0 radical (unpaired) electrons. The molecule has 0 amide bonds. The van der Waals surface area contributed by atoms with Gasteiger partial charge in [-0.2, -0.15) is 22.0 Å². The maximum Gasteiger partial charge on any atom is 0.431 e. The summed E-state index contributed by atoms with van der Waals surface area (Å²) < 4.78 is 109. The van der Waals surface area contributed by atoms with Gasteiger partial charge in [-0.25, -0.2) is 13.2 Å². The average molecular weight is 423 g/mol. The standard InChI is InChI=1S/C16H11ClF8O2/c1-14(2)7(5-9(17)15(21,22)23)10(14)13(26)27-16(24,25)6-3-4-8(18)12(20)11(6)19/h3-5,7,10H,1-2H3/t7-,10-/m0/s1. The molecule has 2 atom stereocenters. The molecule has 1 aliphatic rings. The monoisotopic (exact) mass is 422 g/mol. The van der Waals surface area contributed by atoms with E-state index in [0.29, 0.717) is 6.08 Å². The molecule has 0 spiro atoms. The minimum Gasteiger partial charge on any atom is -0.397 e. The number of hydrogen-bond acceptors (Lipinski definition) is 2. The molecular formula is C16H11ClF8O2. The largest absolute Gasteiger partial charge is 0.431 e. The van der Waals surface area contributed by atoms with Crippen LogP contribution >= 0.6 is 11.6 Å². The first-order chi connectivity index (χ1) is 12.1. The topological polar surface area (TPSA) is 26.3 Å². The zero-order valence-corrected chi connectivity index (χ0v) is 14.4. The van der Waals surface area contributed by atoms with Gasteiger partial charge in [0.25, 0.3) is 0 Å². The first-order valence-electron chi connectivity index (χ1n) is 7.30. The van der Waals surface area contributed by atoms with E-state index in [1.165, 1.54) is 13.8 Å². The van der Waals surface area contributed by atoms with E-state index in [1.807, 2.05) is 0 Å².